The highest BCUT2D eigenvalue weighted by molar-refractivity contribution is 6.23. The van der Waals surface area contributed by atoms with E-state index in [-0.39, 0.29) is 16.9 Å². The van der Waals surface area contributed by atoms with E-state index in [4.69, 9.17) is 9.15 Å². The van der Waals surface area contributed by atoms with Crippen LogP contribution in [0.3, 0.4) is 0 Å². The molecule has 0 unspecified atom stereocenters. The highest BCUT2D eigenvalue weighted by atomic mass is 16.5. The second kappa shape index (κ2) is 8.74. The lowest BCUT2D eigenvalue weighted by Gasteiger charge is -2.14. The summed E-state index contributed by atoms with van der Waals surface area (Å²) in [6.07, 6.45) is 0. The molecule has 0 atom stereocenters. The van der Waals surface area contributed by atoms with Crippen molar-refractivity contribution in [3.8, 4) is 5.75 Å². The number of esters is 1. The minimum Gasteiger partial charge on any atom is -0.506 e. The molecule has 0 fully saturated rings. The van der Waals surface area contributed by atoms with E-state index in [0.29, 0.717) is 16.8 Å². The van der Waals surface area contributed by atoms with E-state index in [1.165, 1.54) is 0 Å². The molecule has 1 heterocycles. The first-order chi connectivity index (χ1) is 15.7. The molecule has 33 heavy (non-hydrogen) atoms. The lowest BCUT2D eigenvalue weighted by molar-refractivity contribution is -0.128. The first kappa shape index (κ1) is 22.0. The number of nitrogens with zero attached hydrogens (tertiary/aromatic N) is 1. The van der Waals surface area contributed by atoms with Crippen LogP contribution < -0.4 is 10.4 Å². The van der Waals surface area contributed by atoms with Gasteiger partial charge in [-0.3, -0.25) is 0 Å². The number of aliphatic hydroxyl groups excluding tert-OH is 1. The fraction of sp³-hybridized carbons (Fsp3) is 0.148. The molecule has 6 nitrogen and oxygen atoms in total. The van der Waals surface area contributed by atoms with Gasteiger partial charge in [0.15, 0.2) is 11.3 Å². The van der Waals surface area contributed by atoms with E-state index in [1.807, 2.05) is 39.8 Å². The average Bonchev–Trinajstić information content (AvgIpc) is 2.77. The van der Waals surface area contributed by atoms with E-state index in [1.54, 1.807) is 48.5 Å². The zero-order chi connectivity index (χ0) is 23.7. The number of para-hydroxylation sites is 2. The maximum absolute atomic E-state index is 13.4. The Morgan fingerprint density at radius 3 is 2.21 bits per heavy atom. The van der Waals surface area contributed by atoms with Crippen molar-refractivity contribution in [3.63, 3.8) is 0 Å². The summed E-state index contributed by atoms with van der Waals surface area (Å²) in [6.45, 7) is 7.51. The lowest BCUT2D eigenvalue weighted by Crippen LogP contribution is -2.20. The number of benzene rings is 3. The summed E-state index contributed by atoms with van der Waals surface area (Å²) in [7, 11) is 0. The molecule has 0 saturated heterocycles. The van der Waals surface area contributed by atoms with Crippen molar-refractivity contribution in [1.82, 2.24) is 4.98 Å². The van der Waals surface area contributed by atoms with Gasteiger partial charge < -0.3 is 14.3 Å². The van der Waals surface area contributed by atoms with Crippen LogP contribution in [0.25, 0.3) is 22.4 Å². The zero-order valence-electron chi connectivity index (χ0n) is 18.8. The van der Waals surface area contributed by atoms with Crippen LogP contribution in [0.2, 0.25) is 0 Å². The Labute approximate surface area is 190 Å². The van der Waals surface area contributed by atoms with Crippen LogP contribution in [0.5, 0.6) is 5.75 Å². The third-order valence-corrected chi connectivity index (χ3v) is 5.30. The van der Waals surface area contributed by atoms with Crippen LogP contribution in [-0.2, 0) is 4.79 Å². The number of ether oxygens (including phenoxy) is 1. The maximum atomic E-state index is 13.4. The number of hydrogen-bond donors (Lipinski definition) is 1. The van der Waals surface area contributed by atoms with Gasteiger partial charge in [0, 0.05) is 5.56 Å². The van der Waals surface area contributed by atoms with Gasteiger partial charge in [-0.25, -0.2) is 14.6 Å². The van der Waals surface area contributed by atoms with Crippen LogP contribution in [-0.4, -0.2) is 16.1 Å². The normalized spacial score (nSPS) is 11.9. The first-order valence-corrected chi connectivity index (χ1v) is 10.4. The van der Waals surface area contributed by atoms with Gasteiger partial charge in [0.05, 0.1) is 0 Å². The monoisotopic (exact) mass is 441 g/mol. The van der Waals surface area contributed by atoms with E-state index in [2.05, 4.69) is 4.98 Å². The molecule has 6 heteroatoms. The van der Waals surface area contributed by atoms with E-state index < -0.39 is 17.4 Å². The topological polar surface area (TPSA) is 89.6 Å². The highest BCUT2D eigenvalue weighted by Gasteiger charge is 2.27. The Balaban J connectivity index is 1.92. The van der Waals surface area contributed by atoms with Gasteiger partial charge in [-0.1, -0.05) is 59.7 Å². The number of aliphatic hydroxyl groups is 1. The van der Waals surface area contributed by atoms with Crippen LogP contribution in [0.4, 0.5) is 0 Å². The molecule has 0 aliphatic carbocycles. The molecule has 0 radical (unpaired) electrons. The van der Waals surface area contributed by atoms with Crippen molar-refractivity contribution in [2.75, 3.05) is 0 Å². The van der Waals surface area contributed by atoms with Crippen LogP contribution in [0.1, 0.15) is 33.5 Å². The van der Waals surface area contributed by atoms with Crippen molar-refractivity contribution in [3.05, 3.63) is 105 Å². The molecular weight excluding hydrogens is 418 g/mol. The molecule has 0 saturated carbocycles. The maximum Gasteiger partial charge on any atom is 0.363 e. The van der Waals surface area contributed by atoms with Crippen LogP contribution in [0, 0.1) is 27.7 Å². The summed E-state index contributed by atoms with van der Waals surface area (Å²) < 4.78 is 11.1. The first-order valence-electron chi connectivity index (χ1n) is 10.4. The van der Waals surface area contributed by atoms with Crippen molar-refractivity contribution < 1.29 is 19.1 Å². The number of aromatic nitrogens is 1. The van der Waals surface area contributed by atoms with Crippen LogP contribution >= 0.6 is 0 Å². The molecule has 0 aliphatic rings. The molecule has 3 aromatic carbocycles. The fourth-order valence-corrected chi connectivity index (χ4v) is 3.74. The molecular formula is C27H23NO5. The van der Waals surface area contributed by atoms with E-state index in [9.17, 15) is 14.7 Å². The molecule has 0 aliphatic heterocycles. The quantitative estimate of drug-likeness (QED) is 0.196. The lowest BCUT2D eigenvalue weighted by atomic mass is 10.0. The van der Waals surface area contributed by atoms with Crippen LogP contribution in [0.15, 0.2) is 69.9 Å². The summed E-state index contributed by atoms with van der Waals surface area (Å²) in [4.78, 5) is 30.6. The smallest absolute Gasteiger partial charge is 0.363 e. The van der Waals surface area contributed by atoms with Gasteiger partial charge in [-0.2, -0.15) is 0 Å². The number of carbonyl (C=O) groups is 1. The van der Waals surface area contributed by atoms with Crippen molar-refractivity contribution in [1.29, 1.82) is 0 Å². The highest BCUT2D eigenvalue weighted by Crippen LogP contribution is 2.29. The summed E-state index contributed by atoms with van der Waals surface area (Å²) in [5, 5.41) is 11.1. The minimum absolute atomic E-state index is 0.277. The van der Waals surface area contributed by atoms with Crippen molar-refractivity contribution >= 4 is 28.4 Å². The SMILES string of the molecule is Cc1ccc(/C(O)=C(\C(=O)Oc2c(C)cc(C)cc2C)c2nc3ccccc3oc2=O)cc1. The van der Waals surface area contributed by atoms with Gasteiger partial charge in [-0.05, 0) is 51.0 Å². The number of hydrogen-bond acceptors (Lipinski definition) is 6. The molecule has 0 amide bonds. The van der Waals surface area contributed by atoms with Gasteiger partial charge in [0.1, 0.15) is 22.6 Å². The Bertz CT molecular complexity index is 1440. The number of rotatable bonds is 4. The number of carbonyl (C=O) groups excluding carboxylic acids is 1. The summed E-state index contributed by atoms with van der Waals surface area (Å²) >= 11 is 0. The minimum atomic E-state index is -0.904. The number of fused-ring (bicyclic) bond motifs is 1. The molecule has 1 aromatic heterocycles. The van der Waals surface area contributed by atoms with Crippen molar-refractivity contribution in [2.45, 2.75) is 27.7 Å². The Kier molecular flexibility index (Phi) is 5.84. The van der Waals surface area contributed by atoms with E-state index >= 15 is 0 Å². The molecule has 4 aromatic rings. The van der Waals surface area contributed by atoms with E-state index in [0.717, 1.165) is 22.3 Å². The molecule has 4 rings (SSSR count). The molecule has 0 spiro atoms. The standard InChI is InChI=1S/C27H23NO5/c1-15-9-11-19(12-10-15)24(29)22(23-27(31)32-21-8-6-5-7-20(21)28-23)26(30)33-25-17(3)13-16(2)14-18(25)4/h5-14,29H,1-4H3/b24-22+. The molecule has 0 bridgehead atoms. The molecule has 166 valence electrons. The van der Waals surface area contributed by atoms with Crippen molar-refractivity contribution in [2.24, 2.45) is 0 Å². The van der Waals surface area contributed by atoms with Gasteiger partial charge >= 0.3 is 11.6 Å². The summed E-state index contributed by atoms with van der Waals surface area (Å²) in [5.41, 5.74) is 2.98. The Morgan fingerprint density at radius 2 is 1.55 bits per heavy atom. The fourth-order valence-electron chi connectivity index (χ4n) is 3.74. The number of aryl methyl sites for hydroxylation is 4. The predicted octanol–water partition coefficient (Wildman–Crippen LogP) is 5.45. The molecule has 1 N–H and O–H groups in total. The van der Waals surface area contributed by atoms with Gasteiger partial charge in [-0.15, -0.1) is 0 Å². The third-order valence-electron chi connectivity index (χ3n) is 5.30. The zero-order valence-corrected chi connectivity index (χ0v) is 18.8. The average molecular weight is 441 g/mol. The van der Waals surface area contributed by atoms with Gasteiger partial charge in [0.2, 0.25) is 0 Å². The Hall–Kier alpha value is -4.19. The van der Waals surface area contributed by atoms with Gasteiger partial charge in [0.25, 0.3) is 0 Å². The largest absolute Gasteiger partial charge is 0.506 e. The Morgan fingerprint density at radius 1 is 0.909 bits per heavy atom. The summed E-state index contributed by atoms with van der Waals surface area (Å²) in [5.74, 6) is -0.958. The second-order valence-electron chi connectivity index (χ2n) is 8.02. The predicted molar refractivity (Wildman–Crippen MR) is 127 cm³/mol. The summed E-state index contributed by atoms with van der Waals surface area (Å²) in [6, 6.07) is 17.4. The third kappa shape index (κ3) is 4.41. The second-order valence-corrected chi connectivity index (χ2v) is 8.02.